The Bertz CT molecular complexity index is 948. The second-order valence-electron chi connectivity index (χ2n) is 10.9. The zero-order valence-corrected chi connectivity index (χ0v) is 23.2. The Labute approximate surface area is 231 Å². The standard InChI is InChI=1S/C29H45N5O5/c1-30-26-20-21-7-6-10-23(19-21)39-16-5-4-11-24(27(35)31-22-8-2-3-9-22)32-28(36)25(33-29(26)37)12-13-34-14-17-38-18-15-34/h6-7,10,19,22,24-26,30H,2-5,8-9,11-18,20H2,1H3,(H,31,35)(H,32,36)(H,33,37)/t24-,25-,26-/m0/s1. The Hall–Kier alpha value is -2.69. The number of likely N-dealkylation sites (N-methyl/N-ethyl adjacent to an activating group) is 1. The van der Waals surface area contributed by atoms with Crippen molar-refractivity contribution in [3.05, 3.63) is 29.8 Å². The van der Waals surface area contributed by atoms with E-state index in [0.29, 0.717) is 45.6 Å². The largest absolute Gasteiger partial charge is 0.494 e. The molecule has 39 heavy (non-hydrogen) atoms. The quantitative estimate of drug-likeness (QED) is 0.425. The second kappa shape index (κ2) is 15.2. The van der Waals surface area contributed by atoms with Gasteiger partial charge in [0.15, 0.2) is 0 Å². The zero-order valence-electron chi connectivity index (χ0n) is 23.2. The molecule has 1 aromatic carbocycles. The van der Waals surface area contributed by atoms with Crippen LogP contribution in [-0.4, -0.2) is 93.3 Å². The number of benzene rings is 1. The van der Waals surface area contributed by atoms with Gasteiger partial charge in [-0.2, -0.15) is 0 Å². The van der Waals surface area contributed by atoms with Crippen LogP contribution in [0.1, 0.15) is 56.9 Å². The number of morpholine rings is 1. The Balaban J connectivity index is 1.51. The number of nitrogens with one attached hydrogen (secondary N) is 4. The molecule has 10 nitrogen and oxygen atoms in total. The van der Waals surface area contributed by atoms with E-state index >= 15 is 0 Å². The van der Waals surface area contributed by atoms with E-state index in [-0.39, 0.29) is 23.8 Å². The summed E-state index contributed by atoms with van der Waals surface area (Å²) in [5.74, 6) is 0.0618. The Morgan fingerprint density at radius 1 is 1.00 bits per heavy atom. The van der Waals surface area contributed by atoms with E-state index < -0.39 is 18.1 Å². The van der Waals surface area contributed by atoms with Crippen LogP contribution in [0.4, 0.5) is 0 Å². The van der Waals surface area contributed by atoms with Crippen molar-refractivity contribution < 1.29 is 23.9 Å². The van der Waals surface area contributed by atoms with Gasteiger partial charge in [0.25, 0.3) is 0 Å². The van der Waals surface area contributed by atoms with Gasteiger partial charge in [-0.25, -0.2) is 0 Å². The number of carbonyl (C=O) groups is 3. The highest BCUT2D eigenvalue weighted by molar-refractivity contribution is 5.93. The molecule has 2 fully saturated rings. The fourth-order valence-electron chi connectivity index (χ4n) is 5.55. The Morgan fingerprint density at radius 2 is 1.77 bits per heavy atom. The molecule has 0 spiro atoms. The molecule has 3 aliphatic rings. The van der Waals surface area contributed by atoms with Crippen molar-refractivity contribution in [2.75, 3.05) is 46.5 Å². The lowest BCUT2D eigenvalue weighted by Gasteiger charge is -2.30. The molecule has 1 saturated heterocycles. The molecule has 4 rings (SSSR count). The first kappa shape index (κ1) is 29.3. The number of amides is 3. The van der Waals surface area contributed by atoms with Gasteiger partial charge in [0.05, 0.1) is 25.9 Å². The molecular weight excluding hydrogens is 498 g/mol. The Morgan fingerprint density at radius 3 is 2.54 bits per heavy atom. The Kier molecular flexibility index (Phi) is 11.4. The molecule has 0 radical (unpaired) electrons. The lowest BCUT2D eigenvalue weighted by molar-refractivity contribution is -0.133. The third-order valence-electron chi connectivity index (χ3n) is 7.96. The van der Waals surface area contributed by atoms with Gasteiger partial charge < -0.3 is 30.7 Å². The van der Waals surface area contributed by atoms with Gasteiger partial charge in [0, 0.05) is 25.7 Å². The highest BCUT2D eigenvalue weighted by Gasteiger charge is 2.30. The molecule has 216 valence electrons. The molecule has 4 N–H and O–H groups in total. The first-order valence-corrected chi connectivity index (χ1v) is 14.6. The fraction of sp³-hybridized carbons (Fsp3) is 0.690. The summed E-state index contributed by atoms with van der Waals surface area (Å²) >= 11 is 0. The van der Waals surface area contributed by atoms with Crippen molar-refractivity contribution in [3.8, 4) is 5.75 Å². The summed E-state index contributed by atoms with van der Waals surface area (Å²) in [5, 5.41) is 12.2. The molecule has 2 aliphatic heterocycles. The van der Waals surface area contributed by atoms with Gasteiger partial charge in [-0.05, 0) is 69.7 Å². The maximum Gasteiger partial charge on any atom is 0.243 e. The third kappa shape index (κ3) is 9.19. The molecule has 10 heteroatoms. The van der Waals surface area contributed by atoms with Crippen LogP contribution in [0.25, 0.3) is 0 Å². The van der Waals surface area contributed by atoms with Crippen LogP contribution in [0, 0.1) is 0 Å². The zero-order chi connectivity index (χ0) is 27.5. The minimum atomic E-state index is -0.749. The topological polar surface area (TPSA) is 121 Å². The van der Waals surface area contributed by atoms with Gasteiger partial charge >= 0.3 is 0 Å². The normalized spacial score (nSPS) is 26.3. The van der Waals surface area contributed by atoms with Crippen molar-refractivity contribution in [2.45, 2.75) is 82.0 Å². The molecule has 0 aromatic heterocycles. The maximum absolute atomic E-state index is 13.6. The fourth-order valence-corrected chi connectivity index (χ4v) is 5.55. The van der Waals surface area contributed by atoms with Crippen LogP contribution in [-0.2, 0) is 25.5 Å². The highest BCUT2D eigenvalue weighted by Crippen LogP contribution is 2.19. The number of fused-ring (bicyclic) bond motifs is 2. The molecule has 2 bridgehead atoms. The van der Waals surface area contributed by atoms with E-state index in [1.54, 1.807) is 7.05 Å². The number of rotatable bonds is 6. The number of ether oxygens (including phenoxy) is 2. The van der Waals surface area contributed by atoms with Crippen molar-refractivity contribution in [1.29, 1.82) is 0 Å². The number of carbonyl (C=O) groups excluding carboxylic acids is 3. The van der Waals surface area contributed by atoms with E-state index in [1.807, 2.05) is 24.3 Å². The summed E-state index contributed by atoms with van der Waals surface area (Å²) in [6.07, 6.45) is 7.10. The van der Waals surface area contributed by atoms with Crippen molar-refractivity contribution in [3.63, 3.8) is 0 Å². The summed E-state index contributed by atoms with van der Waals surface area (Å²) < 4.78 is 11.4. The van der Waals surface area contributed by atoms with E-state index in [4.69, 9.17) is 9.47 Å². The molecule has 2 heterocycles. The second-order valence-corrected chi connectivity index (χ2v) is 10.9. The van der Waals surface area contributed by atoms with Gasteiger partial charge in [0.2, 0.25) is 17.7 Å². The predicted molar refractivity (Wildman–Crippen MR) is 148 cm³/mol. The predicted octanol–water partition coefficient (Wildman–Crippen LogP) is 1.13. The lowest BCUT2D eigenvalue weighted by Crippen LogP contribution is -2.57. The molecule has 1 saturated carbocycles. The molecule has 3 amide bonds. The lowest BCUT2D eigenvalue weighted by atomic mass is 10.0. The monoisotopic (exact) mass is 543 g/mol. The first-order chi connectivity index (χ1) is 19.0. The van der Waals surface area contributed by atoms with Gasteiger partial charge in [0.1, 0.15) is 17.8 Å². The molecule has 1 aromatic rings. The van der Waals surface area contributed by atoms with Crippen LogP contribution < -0.4 is 26.0 Å². The summed E-state index contributed by atoms with van der Waals surface area (Å²) in [6, 6.07) is 6.03. The number of hydrogen-bond acceptors (Lipinski definition) is 7. The van der Waals surface area contributed by atoms with Crippen LogP contribution in [0.3, 0.4) is 0 Å². The summed E-state index contributed by atoms with van der Waals surface area (Å²) in [4.78, 5) is 42.5. The molecule has 1 aliphatic carbocycles. The van der Waals surface area contributed by atoms with Crippen molar-refractivity contribution in [2.24, 2.45) is 0 Å². The minimum absolute atomic E-state index is 0.142. The number of nitrogens with zero attached hydrogens (tertiary/aromatic N) is 1. The summed E-state index contributed by atoms with van der Waals surface area (Å²) in [6.45, 7) is 4.10. The van der Waals surface area contributed by atoms with E-state index in [0.717, 1.165) is 62.9 Å². The molecule has 0 unspecified atom stereocenters. The summed E-state index contributed by atoms with van der Waals surface area (Å²) in [5.41, 5.74) is 0.979. The number of hydrogen-bond donors (Lipinski definition) is 4. The van der Waals surface area contributed by atoms with Crippen LogP contribution in [0.5, 0.6) is 5.75 Å². The minimum Gasteiger partial charge on any atom is -0.494 e. The SMILES string of the molecule is CN[C@H]1Cc2cccc(c2)OCCCC[C@@H](C(=O)NC2CCCC2)NC(=O)[C@H](CCN2CCOCC2)NC1=O. The van der Waals surface area contributed by atoms with Crippen molar-refractivity contribution in [1.82, 2.24) is 26.2 Å². The first-order valence-electron chi connectivity index (χ1n) is 14.6. The third-order valence-corrected chi connectivity index (χ3v) is 7.96. The van der Waals surface area contributed by atoms with Crippen LogP contribution >= 0.6 is 0 Å². The van der Waals surface area contributed by atoms with Gasteiger partial charge in [-0.15, -0.1) is 0 Å². The molecular formula is C29H45N5O5. The van der Waals surface area contributed by atoms with E-state index in [1.165, 1.54) is 0 Å². The average molecular weight is 544 g/mol. The van der Waals surface area contributed by atoms with Crippen molar-refractivity contribution >= 4 is 17.7 Å². The van der Waals surface area contributed by atoms with Crippen LogP contribution in [0.2, 0.25) is 0 Å². The van der Waals surface area contributed by atoms with Gasteiger partial charge in [-0.3, -0.25) is 19.3 Å². The maximum atomic E-state index is 13.6. The van der Waals surface area contributed by atoms with E-state index in [2.05, 4.69) is 26.2 Å². The van der Waals surface area contributed by atoms with E-state index in [9.17, 15) is 14.4 Å². The summed E-state index contributed by atoms with van der Waals surface area (Å²) in [7, 11) is 1.75. The smallest absolute Gasteiger partial charge is 0.243 e. The highest BCUT2D eigenvalue weighted by atomic mass is 16.5. The molecule has 3 atom stereocenters. The average Bonchev–Trinajstić information content (AvgIpc) is 3.46. The van der Waals surface area contributed by atoms with Gasteiger partial charge in [-0.1, -0.05) is 25.0 Å². The van der Waals surface area contributed by atoms with Crippen LogP contribution in [0.15, 0.2) is 24.3 Å².